The van der Waals surface area contributed by atoms with Crippen molar-refractivity contribution in [1.29, 1.82) is 0 Å². The molecular weight excluding hydrogens is 509 g/mol. The van der Waals surface area contributed by atoms with Gasteiger partial charge in [-0.1, -0.05) is 25.1 Å². The molecule has 0 atom stereocenters. The third-order valence-electron chi connectivity index (χ3n) is 4.85. The molecule has 0 bridgehead atoms. The normalized spacial score (nSPS) is 14.7. The van der Waals surface area contributed by atoms with Crippen molar-refractivity contribution < 1.29 is 9.47 Å². The number of hydrogen-bond donors (Lipinski definition) is 2. The van der Waals surface area contributed by atoms with Gasteiger partial charge in [0, 0.05) is 39.1 Å². The molecule has 1 aromatic heterocycles. The van der Waals surface area contributed by atoms with Gasteiger partial charge >= 0.3 is 0 Å². The SMILES string of the molecule is CCc1nncn1CCNC(=NCCN1CCOCC1)NCCOc1ccccc1.I. The lowest BCUT2D eigenvalue weighted by molar-refractivity contribution is 0.0394. The van der Waals surface area contributed by atoms with Crippen LogP contribution in [0.5, 0.6) is 5.75 Å². The monoisotopic (exact) mass is 543 g/mol. The Balaban J connectivity index is 0.00000341. The number of ether oxygens (including phenoxy) is 2. The van der Waals surface area contributed by atoms with E-state index in [2.05, 4.69) is 37.2 Å². The summed E-state index contributed by atoms with van der Waals surface area (Å²) in [7, 11) is 0. The Hall–Kier alpha value is -1.92. The predicted molar refractivity (Wildman–Crippen MR) is 132 cm³/mol. The molecule has 1 fully saturated rings. The summed E-state index contributed by atoms with van der Waals surface area (Å²) in [6.07, 6.45) is 2.65. The first kappa shape index (κ1) is 25.3. The number of benzene rings is 1. The van der Waals surface area contributed by atoms with Crippen LogP contribution in [-0.2, 0) is 17.7 Å². The molecule has 31 heavy (non-hydrogen) atoms. The number of rotatable bonds is 11. The third-order valence-corrected chi connectivity index (χ3v) is 4.85. The van der Waals surface area contributed by atoms with E-state index in [1.807, 2.05) is 30.3 Å². The summed E-state index contributed by atoms with van der Waals surface area (Å²) in [4.78, 5) is 7.12. The second-order valence-electron chi connectivity index (χ2n) is 6.99. The number of hydrogen-bond acceptors (Lipinski definition) is 6. The number of aromatic nitrogens is 3. The van der Waals surface area contributed by atoms with Gasteiger partial charge in [0.15, 0.2) is 5.96 Å². The van der Waals surface area contributed by atoms with Crippen LogP contribution in [0.4, 0.5) is 0 Å². The Morgan fingerprint density at radius 2 is 1.90 bits per heavy atom. The summed E-state index contributed by atoms with van der Waals surface area (Å²) >= 11 is 0. The van der Waals surface area contributed by atoms with Crippen molar-refractivity contribution in [1.82, 2.24) is 30.3 Å². The number of guanidine groups is 1. The molecule has 0 radical (unpaired) electrons. The van der Waals surface area contributed by atoms with Crippen LogP contribution in [-0.4, -0.2) is 84.7 Å². The quantitative estimate of drug-likeness (QED) is 0.192. The molecular formula is C21H34IN7O2. The summed E-state index contributed by atoms with van der Waals surface area (Å²) in [5.41, 5.74) is 0. The van der Waals surface area contributed by atoms with E-state index in [-0.39, 0.29) is 24.0 Å². The first-order valence-corrected chi connectivity index (χ1v) is 10.7. The molecule has 172 valence electrons. The van der Waals surface area contributed by atoms with Crippen LogP contribution in [0.15, 0.2) is 41.7 Å². The van der Waals surface area contributed by atoms with E-state index in [0.29, 0.717) is 13.2 Å². The van der Waals surface area contributed by atoms with E-state index >= 15 is 0 Å². The Labute approximate surface area is 201 Å². The van der Waals surface area contributed by atoms with Crippen LogP contribution in [0.1, 0.15) is 12.7 Å². The van der Waals surface area contributed by atoms with E-state index < -0.39 is 0 Å². The molecule has 0 spiro atoms. The Kier molecular flexibility index (Phi) is 12.2. The highest BCUT2D eigenvalue weighted by molar-refractivity contribution is 14.0. The van der Waals surface area contributed by atoms with E-state index in [9.17, 15) is 0 Å². The highest BCUT2D eigenvalue weighted by Gasteiger charge is 2.09. The Bertz CT molecular complexity index is 751. The molecule has 1 aliphatic rings. The number of aryl methyl sites for hydroxylation is 1. The van der Waals surface area contributed by atoms with Crippen LogP contribution in [0.25, 0.3) is 0 Å². The van der Waals surface area contributed by atoms with Crippen LogP contribution in [0, 0.1) is 0 Å². The van der Waals surface area contributed by atoms with Crippen molar-refractivity contribution >= 4 is 29.9 Å². The number of halogens is 1. The summed E-state index contributed by atoms with van der Waals surface area (Å²) in [6.45, 7) is 10.1. The molecule has 1 saturated heterocycles. The summed E-state index contributed by atoms with van der Waals surface area (Å²) < 4.78 is 13.2. The molecule has 2 N–H and O–H groups in total. The molecule has 9 nitrogen and oxygen atoms in total. The lowest BCUT2D eigenvalue weighted by Crippen LogP contribution is -2.42. The Morgan fingerprint density at radius 1 is 1.13 bits per heavy atom. The highest BCUT2D eigenvalue weighted by atomic mass is 127. The molecule has 1 aromatic carbocycles. The second kappa shape index (κ2) is 15.0. The number of morpholine rings is 1. The maximum absolute atomic E-state index is 5.76. The van der Waals surface area contributed by atoms with Crippen molar-refractivity contribution in [3.05, 3.63) is 42.5 Å². The van der Waals surface area contributed by atoms with Gasteiger partial charge in [0.25, 0.3) is 0 Å². The fourth-order valence-electron chi connectivity index (χ4n) is 3.19. The molecule has 1 aliphatic heterocycles. The lowest BCUT2D eigenvalue weighted by Gasteiger charge is -2.25. The third kappa shape index (κ3) is 9.40. The van der Waals surface area contributed by atoms with E-state index in [1.54, 1.807) is 6.33 Å². The minimum absolute atomic E-state index is 0. The lowest BCUT2D eigenvalue weighted by atomic mass is 10.3. The fraction of sp³-hybridized carbons (Fsp3) is 0.571. The highest BCUT2D eigenvalue weighted by Crippen LogP contribution is 2.07. The minimum atomic E-state index is 0. The van der Waals surface area contributed by atoms with Crippen molar-refractivity contribution in [3.63, 3.8) is 0 Å². The zero-order valence-corrected chi connectivity index (χ0v) is 20.5. The van der Waals surface area contributed by atoms with Crippen molar-refractivity contribution in [2.24, 2.45) is 4.99 Å². The average Bonchev–Trinajstić information content (AvgIpc) is 3.25. The first-order chi connectivity index (χ1) is 14.8. The smallest absolute Gasteiger partial charge is 0.191 e. The van der Waals surface area contributed by atoms with Gasteiger partial charge in [-0.15, -0.1) is 34.2 Å². The zero-order chi connectivity index (χ0) is 20.9. The molecule has 2 aromatic rings. The number of aliphatic imine (C=N–C) groups is 1. The topological polar surface area (TPSA) is 88.8 Å². The van der Waals surface area contributed by atoms with Crippen LogP contribution < -0.4 is 15.4 Å². The summed E-state index contributed by atoms with van der Waals surface area (Å²) in [5, 5.41) is 14.9. The van der Waals surface area contributed by atoms with Crippen LogP contribution in [0.3, 0.4) is 0 Å². The molecule has 0 saturated carbocycles. The van der Waals surface area contributed by atoms with Gasteiger partial charge in [-0.25, -0.2) is 0 Å². The summed E-state index contributed by atoms with van der Waals surface area (Å²) in [5.74, 6) is 2.66. The van der Waals surface area contributed by atoms with Crippen LogP contribution in [0.2, 0.25) is 0 Å². The second-order valence-corrected chi connectivity index (χ2v) is 6.99. The van der Waals surface area contributed by atoms with Gasteiger partial charge < -0.3 is 24.7 Å². The van der Waals surface area contributed by atoms with E-state index in [0.717, 1.165) is 76.4 Å². The summed E-state index contributed by atoms with van der Waals surface area (Å²) in [6, 6.07) is 9.84. The van der Waals surface area contributed by atoms with Gasteiger partial charge in [0.2, 0.25) is 0 Å². The minimum Gasteiger partial charge on any atom is -0.492 e. The molecule has 0 unspecified atom stereocenters. The van der Waals surface area contributed by atoms with E-state index in [4.69, 9.17) is 14.5 Å². The van der Waals surface area contributed by atoms with E-state index in [1.165, 1.54) is 0 Å². The van der Waals surface area contributed by atoms with Gasteiger partial charge in [-0.05, 0) is 12.1 Å². The number of para-hydroxylation sites is 1. The molecule has 10 heteroatoms. The Morgan fingerprint density at radius 3 is 2.68 bits per heavy atom. The van der Waals surface area contributed by atoms with Gasteiger partial charge in [-0.3, -0.25) is 9.89 Å². The average molecular weight is 543 g/mol. The molecule has 0 aliphatic carbocycles. The van der Waals surface area contributed by atoms with Gasteiger partial charge in [-0.2, -0.15) is 0 Å². The molecule has 3 rings (SSSR count). The largest absolute Gasteiger partial charge is 0.492 e. The maximum Gasteiger partial charge on any atom is 0.191 e. The first-order valence-electron chi connectivity index (χ1n) is 10.7. The predicted octanol–water partition coefficient (Wildman–Crippen LogP) is 1.40. The molecule has 0 amide bonds. The molecule has 2 heterocycles. The van der Waals surface area contributed by atoms with Crippen molar-refractivity contribution in [3.8, 4) is 5.75 Å². The zero-order valence-electron chi connectivity index (χ0n) is 18.2. The van der Waals surface area contributed by atoms with Crippen molar-refractivity contribution in [2.75, 3.05) is 59.1 Å². The standard InChI is InChI=1S/C21H33N7O2.HI/c1-2-20-26-25-18-28(20)12-9-23-21(22-8-11-27-13-16-29-17-14-27)24-10-15-30-19-6-4-3-5-7-19;/h3-7,18H,2,8-17H2,1H3,(H2,22,23,24);1H. The number of nitrogens with zero attached hydrogens (tertiary/aromatic N) is 5. The van der Waals surface area contributed by atoms with Gasteiger partial charge in [0.05, 0.1) is 26.3 Å². The number of nitrogens with one attached hydrogen (secondary N) is 2. The fourth-order valence-corrected chi connectivity index (χ4v) is 3.19. The van der Waals surface area contributed by atoms with Crippen LogP contribution >= 0.6 is 24.0 Å². The van der Waals surface area contributed by atoms with Gasteiger partial charge in [0.1, 0.15) is 24.5 Å². The maximum atomic E-state index is 5.76. The van der Waals surface area contributed by atoms with Crippen molar-refractivity contribution in [2.45, 2.75) is 19.9 Å².